The molecular weight excluding hydrogens is 947 g/mol. The second-order valence-corrected chi connectivity index (χ2v) is 18.3. The molecule has 0 radical (unpaired) electrons. The lowest BCUT2D eigenvalue weighted by Gasteiger charge is -2.53. The van der Waals surface area contributed by atoms with Gasteiger partial charge in [0, 0.05) is 69.2 Å². The summed E-state index contributed by atoms with van der Waals surface area (Å²) in [6.07, 6.45) is 4.21. The Hall–Kier alpha value is -7.34. The Balaban J connectivity index is 0.000000831. The molecule has 0 unspecified atom stereocenters. The number of hydrogen-bond acceptors (Lipinski definition) is 12. The number of ether oxygens (including phenoxy) is 1. The van der Waals surface area contributed by atoms with Crippen LogP contribution < -0.4 is 21.2 Å². The number of carboxylic acids is 1. The fourth-order valence-electron chi connectivity index (χ4n) is 9.77. The molecule has 4 fully saturated rings. The van der Waals surface area contributed by atoms with E-state index in [0.717, 1.165) is 71.9 Å². The minimum absolute atomic E-state index is 0.101. The van der Waals surface area contributed by atoms with Gasteiger partial charge in [0.05, 0.1) is 47.9 Å². The first kappa shape index (κ1) is 48.7. The number of anilines is 1. The van der Waals surface area contributed by atoms with Crippen LogP contribution in [0.2, 0.25) is 0 Å². The van der Waals surface area contributed by atoms with Crippen molar-refractivity contribution >= 4 is 51.6 Å². The number of phenols is 1. The molecule has 10 rings (SSSR count). The van der Waals surface area contributed by atoms with Crippen molar-refractivity contribution in [2.24, 2.45) is 13.0 Å². The largest absolute Gasteiger partial charge is 0.503 e. The predicted octanol–water partition coefficient (Wildman–Crippen LogP) is 5.13. The number of hydrogen-bond donors (Lipinski definition) is 4. The first-order valence-corrected chi connectivity index (χ1v) is 22.7. The van der Waals surface area contributed by atoms with E-state index < -0.39 is 58.8 Å². The van der Waals surface area contributed by atoms with Gasteiger partial charge in [0.15, 0.2) is 17.4 Å². The van der Waals surface area contributed by atoms with Gasteiger partial charge in [-0.1, -0.05) is 18.2 Å². The third-order valence-corrected chi connectivity index (χ3v) is 13.5. The normalized spacial score (nSPS) is 20.4. The molecule has 6 heterocycles. The number of piperidine rings is 1. The van der Waals surface area contributed by atoms with Gasteiger partial charge in [0.25, 0.3) is 5.91 Å². The highest BCUT2D eigenvalue weighted by molar-refractivity contribution is 6.00. The molecule has 18 nitrogen and oxygen atoms in total. The van der Waals surface area contributed by atoms with Crippen molar-refractivity contribution < 1.29 is 60.5 Å². The number of carboxylic acid groups (broad SMARTS) is 1. The average Bonchev–Trinajstić information content (AvgIpc) is 3.87. The summed E-state index contributed by atoms with van der Waals surface area (Å²) in [4.78, 5) is 72.9. The van der Waals surface area contributed by atoms with Crippen LogP contribution in [-0.2, 0) is 32.7 Å². The Morgan fingerprint density at radius 3 is 2.32 bits per heavy atom. The van der Waals surface area contributed by atoms with Gasteiger partial charge in [-0.3, -0.25) is 38.4 Å². The van der Waals surface area contributed by atoms with E-state index in [4.69, 9.17) is 29.7 Å². The minimum atomic E-state index is -5.08. The number of morpholine rings is 1. The van der Waals surface area contributed by atoms with Gasteiger partial charge in [0.2, 0.25) is 23.6 Å². The maximum absolute atomic E-state index is 14.2. The Morgan fingerprint density at radius 2 is 1.63 bits per heavy atom. The number of imide groups is 1. The fraction of sp³-hybridized carbons (Fsp3) is 0.404. The highest BCUT2D eigenvalue weighted by Gasteiger charge is 2.48. The van der Waals surface area contributed by atoms with Crippen molar-refractivity contribution in [1.29, 1.82) is 0 Å². The van der Waals surface area contributed by atoms with Gasteiger partial charge in [-0.25, -0.2) is 28.3 Å². The van der Waals surface area contributed by atoms with Crippen LogP contribution in [0.15, 0.2) is 65.8 Å². The average molecular weight is 993 g/mol. The zero-order chi connectivity index (χ0) is 50.5. The van der Waals surface area contributed by atoms with E-state index in [9.17, 15) is 50.6 Å². The summed E-state index contributed by atoms with van der Waals surface area (Å²) >= 11 is 0. The van der Waals surface area contributed by atoms with Crippen LogP contribution in [0.3, 0.4) is 0 Å². The zero-order valence-electron chi connectivity index (χ0n) is 37.9. The summed E-state index contributed by atoms with van der Waals surface area (Å²) in [7, 11) is 1.70. The molecule has 1 saturated carbocycles. The second-order valence-electron chi connectivity index (χ2n) is 18.3. The van der Waals surface area contributed by atoms with Crippen molar-refractivity contribution in [3.63, 3.8) is 0 Å². The molecule has 1 aliphatic carbocycles. The molecule has 374 valence electrons. The smallest absolute Gasteiger partial charge is 0.490 e. The van der Waals surface area contributed by atoms with Crippen LogP contribution in [0.4, 0.5) is 32.3 Å². The van der Waals surface area contributed by atoms with E-state index in [0.29, 0.717) is 43.8 Å². The van der Waals surface area contributed by atoms with Gasteiger partial charge in [-0.05, 0) is 73.4 Å². The fourth-order valence-corrected chi connectivity index (χ4v) is 9.77. The number of aliphatic carboxylic acids is 1. The molecule has 4 N–H and O–H groups in total. The summed E-state index contributed by atoms with van der Waals surface area (Å²) in [5, 5.41) is 27.2. The lowest BCUT2D eigenvalue weighted by molar-refractivity contribution is -0.192. The molecule has 1 spiro atoms. The summed E-state index contributed by atoms with van der Waals surface area (Å²) < 4.78 is 84.8. The van der Waals surface area contributed by atoms with Crippen molar-refractivity contribution in [3.8, 4) is 16.9 Å². The number of phenolic OH excluding ortho intramolecular Hbond substituents is 1. The molecule has 1 atom stereocenters. The van der Waals surface area contributed by atoms with E-state index in [-0.39, 0.29) is 48.5 Å². The number of aromatic nitrogens is 6. The lowest BCUT2D eigenvalue weighted by atomic mass is 9.86. The standard InChI is InChI=1S/C45H45F3N10O6.C2HF3O2/c1-54-36-14-26(4-9-34(36)58(44(54)63)35-10-11-37(59)52-42(35)62)20-55-12-13-64-45(22-55)23-56(24-45)43-50-18-29(19-51-43)27-5-6-28-21-57(53-33(28)15-27)30-7-2-25(3-8-30)17-49-41(61)31-16-32(46)40(60)39(48)38(31)47;3-2(4,5)1(6)7/h4-6,9,14-16,18-19,21,25,30,35,60H,2-3,7-8,10-13,17,20,22-24H2,1H3,(H,49,61)(H,52,59,62);(H,6,7)/t25?,30?,35-;/m1./s1. The molecule has 4 aliphatic rings. The summed E-state index contributed by atoms with van der Waals surface area (Å²) in [6, 6.07) is 11.9. The number of carbonyl (C=O) groups is 4. The molecule has 3 aromatic carbocycles. The Morgan fingerprint density at radius 1 is 0.915 bits per heavy atom. The van der Waals surface area contributed by atoms with E-state index in [1.54, 1.807) is 11.6 Å². The maximum Gasteiger partial charge on any atom is 0.490 e. The van der Waals surface area contributed by atoms with Crippen LogP contribution in [0.25, 0.3) is 33.1 Å². The van der Waals surface area contributed by atoms with Crippen molar-refractivity contribution in [2.75, 3.05) is 44.2 Å². The Kier molecular flexibility index (Phi) is 13.1. The van der Waals surface area contributed by atoms with E-state index in [2.05, 4.69) is 20.4 Å². The number of amides is 3. The van der Waals surface area contributed by atoms with Gasteiger partial charge < -0.3 is 25.2 Å². The molecule has 3 aromatic heterocycles. The molecule has 3 amide bonds. The minimum Gasteiger partial charge on any atom is -0.503 e. The van der Waals surface area contributed by atoms with Gasteiger partial charge in [-0.15, -0.1) is 0 Å². The first-order valence-electron chi connectivity index (χ1n) is 22.7. The monoisotopic (exact) mass is 992 g/mol. The third kappa shape index (κ3) is 9.89. The lowest BCUT2D eigenvalue weighted by Crippen LogP contribution is -2.70. The number of benzene rings is 3. The Bertz CT molecular complexity index is 3120. The SMILES string of the molecule is Cn1c(=O)n([C@@H]2CCC(=O)NC2=O)c2ccc(CN3CCOC4(C3)CN(c3ncc(-c5ccc6cn(C7CCC(CNC(=O)c8cc(F)c(O)c(F)c8F)CC7)nc6c5)cn3)C4)cc21.O=C(O)C(F)(F)F. The number of nitrogens with zero attached hydrogens (tertiary/aromatic N) is 8. The molecule has 3 saturated heterocycles. The number of rotatable bonds is 9. The van der Waals surface area contributed by atoms with Gasteiger partial charge in [-0.2, -0.15) is 22.7 Å². The number of imidazole rings is 1. The molecule has 3 aliphatic heterocycles. The molecule has 71 heavy (non-hydrogen) atoms. The van der Waals surface area contributed by atoms with Crippen molar-refractivity contribution in [3.05, 3.63) is 100 Å². The molecule has 24 heteroatoms. The summed E-state index contributed by atoms with van der Waals surface area (Å²) in [5.74, 6) is -9.99. The summed E-state index contributed by atoms with van der Waals surface area (Å²) in [5.41, 5.74) is 3.63. The van der Waals surface area contributed by atoms with Crippen LogP contribution in [-0.4, -0.2) is 119 Å². The molecular formula is C47H46F6N10O8. The number of aryl methyl sites for hydroxylation is 1. The number of fused-ring (bicyclic) bond motifs is 2. The molecule has 6 aromatic rings. The number of carbonyl (C=O) groups excluding carboxylic acids is 3. The highest BCUT2D eigenvalue weighted by Crippen LogP contribution is 2.36. The maximum atomic E-state index is 14.2. The van der Waals surface area contributed by atoms with E-state index >= 15 is 0 Å². The highest BCUT2D eigenvalue weighted by atomic mass is 19.4. The van der Waals surface area contributed by atoms with Crippen LogP contribution in [0.1, 0.15) is 66.5 Å². The Labute approximate surface area is 398 Å². The number of nitrogens with one attached hydrogen (secondary N) is 2. The van der Waals surface area contributed by atoms with Crippen molar-refractivity contribution in [1.82, 2.24) is 44.4 Å². The number of aromatic hydroxyl groups is 1. The molecule has 0 bridgehead atoms. The first-order chi connectivity index (χ1) is 33.8. The van der Waals surface area contributed by atoms with Crippen LogP contribution in [0, 0.1) is 23.4 Å². The summed E-state index contributed by atoms with van der Waals surface area (Å²) in [6.45, 7) is 4.25. The van der Waals surface area contributed by atoms with Crippen LogP contribution >= 0.6 is 0 Å². The van der Waals surface area contributed by atoms with Gasteiger partial charge in [0.1, 0.15) is 11.6 Å². The quantitative estimate of drug-likeness (QED) is 0.0840. The van der Waals surface area contributed by atoms with Crippen molar-refractivity contribution in [2.45, 2.75) is 68.9 Å². The van der Waals surface area contributed by atoms with Crippen LogP contribution in [0.5, 0.6) is 5.75 Å². The predicted molar refractivity (Wildman–Crippen MR) is 241 cm³/mol. The van der Waals surface area contributed by atoms with Gasteiger partial charge >= 0.3 is 17.8 Å². The topological polar surface area (TPSA) is 219 Å². The van der Waals surface area contributed by atoms with E-state index in [1.165, 1.54) is 4.57 Å². The zero-order valence-corrected chi connectivity index (χ0v) is 37.9. The third-order valence-electron chi connectivity index (χ3n) is 13.5. The second kappa shape index (κ2) is 19.1. The number of halogens is 6. The van der Waals surface area contributed by atoms with E-state index in [1.807, 2.05) is 59.7 Å². The number of alkyl halides is 3.